The molecule has 1 heterocycles. The fraction of sp³-hybridized carbons (Fsp3) is 0.571. The number of nitrogens with one attached hydrogen (secondary N) is 1. The largest absolute Gasteiger partial charge is 0.398 e. The number of likely N-dealkylation sites (N-methyl/N-ethyl adjacent to an activating group) is 1. The molecule has 1 aromatic rings. The Morgan fingerprint density at radius 1 is 1.35 bits per heavy atom. The maximum Gasteiger partial charge on any atom is 0.240 e. The highest BCUT2D eigenvalue weighted by atomic mass is 32.2. The molecule has 0 bridgehead atoms. The zero-order chi connectivity index (χ0) is 14.9. The molecule has 1 unspecified atom stereocenters. The number of anilines is 1. The highest BCUT2D eigenvalue weighted by molar-refractivity contribution is 7.89. The normalized spacial score (nSPS) is 21.1. The van der Waals surface area contributed by atoms with Crippen molar-refractivity contribution in [2.45, 2.75) is 37.6 Å². The van der Waals surface area contributed by atoms with Gasteiger partial charge in [-0.1, -0.05) is 0 Å². The summed E-state index contributed by atoms with van der Waals surface area (Å²) in [5.74, 6) is 0. The summed E-state index contributed by atoms with van der Waals surface area (Å²) in [6, 6.07) is 3.19. The van der Waals surface area contributed by atoms with Gasteiger partial charge in [-0.15, -0.1) is 0 Å². The third-order valence-corrected chi connectivity index (χ3v) is 5.44. The first kappa shape index (κ1) is 15.3. The monoisotopic (exact) mass is 297 g/mol. The number of benzene rings is 1. The summed E-state index contributed by atoms with van der Waals surface area (Å²) < 4.78 is 27.7. The van der Waals surface area contributed by atoms with Gasteiger partial charge in [0.1, 0.15) is 0 Å². The number of nitrogen functional groups attached to an aromatic ring is 1. The summed E-state index contributed by atoms with van der Waals surface area (Å²) >= 11 is 0. The van der Waals surface area contributed by atoms with E-state index in [9.17, 15) is 8.42 Å². The van der Waals surface area contributed by atoms with Crippen LogP contribution in [-0.4, -0.2) is 39.5 Å². The number of hydrogen-bond donors (Lipinski definition) is 2. The Morgan fingerprint density at radius 2 is 2.05 bits per heavy atom. The zero-order valence-electron chi connectivity index (χ0n) is 12.3. The third kappa shape index (κ3) is 3.31. The van der Waals surface area contributed by atoms with Crippen LogP contribution in [0.2, 0.25) is 0 Å². The number of nitrogens with two attached hydrogens (primary N) is 1. The molecule has 1 aliphatic heterocycles. The first-order chi connectivity index (χ1) is 9.29. The van der Waals surface area contributed by atoms with Gasteiger partial charge in [-0.25, -0.2) is 13.1 Å². The van der Waals surface area contributed by atoms with Crippen LogP contribution in [0.15, 0.2) is 17.0 Å². The highest BCUT2D eigenvalue weighted by Gasteiger charge is 2.24. The van der Waals surface area contributed by atoms with E-state index in [0.717, 1.165) is 37.1 Å². The molecule has 0 aromatic heterocycles. The predicted molar refractivity (Wildman–Crippen MR) is 81.2 cm³/mol. The SMILES string of the molecule is Cc1cc(S(=O)(=O)NC2CCCN(C)C2)cc(N)c1C. The van der Waals surface area contributed by atoms with E-state index in [1.807, 2.05) is 20.9 Å². The van der Waals surface area contributed by atoms with Gasteiger partial charge in [-0.2, -0.15) is 0 Å². The van der Waals surface area contributed by atoms with Crippen molar-refractivity contribution in [3.05, 3.63) is 23.3 Å². The average molecular weight is 297 g/mol. The molecule has 1 saturated heterocycles. The molecular weight excluding hydrogens is 274 g/mol. The highest BCUT2D eigenvalue weighted by Crippen LogP contribution is 2.22. The smallest absolute Gasteiger partial charge is 0.240 e. The summed E-state index contributed by atoms with van der Waals surface area (Å²) in [6.45, 7) is 5.54. The maximum absolute atomic E-state index is 12.4. The Balaban J connectivity index is 2.22. The molecule has 6 heteroatoms. The van der Waals surface area contributed by atoms with E-state index >= 15 is 0 Å². The molecule has 1 aromatic carbocycles. The number of piperidine rings is 1. The summed E-state index contributed by atoms with van der Waals surface area (Å²) in [6.07, 6.45) is 1.89. The standard InChI is InChI=1S/C14H23N3O2S/c1-10-7-13(8-14(15)11(10)2)20(18,19)16-12-5-4-6-17(3)9-12/h7-8,12,16H,4-6,9,15H2,1-3H3. The lowest BCUT2D eigenvalue weighted by Gasteiger charge is -2.30. The van der Waals surface area contributed by atoms with Crippen molar-refractivity contribution in [1.29, 1.82) is 0 Å². The molecule has 0 radical (unpaired) electrons. The maximum atomic E-state index is 12.4. The van der Waals surface area contributed by atoms with Gasteiger partial charge in [0, 0.05) is 18.3 Å². The summed E-state index contributed by atoms with van der Waals surface area (Å²) in [4.78, 5) is 2.40. The van der Waals surface area contributed by atoms with E-state index < -0.39 is 10.0 Å². The van der Waals surface area contributed by atoms with Crippen molar-refractivity contribution in [2.24, 2.45) is 0 Å². The van der Waals surface area contributed by atoms with E-state index in [-0.39, 0.29) is 10.9 Å². The lowest BCUT2D eigenvalue weighted by Crippen LogP contribution is -2.46. The van der Waals surface area contributed by atoms with Gasteiger partial charge in [0.15, 0.2) is 0 Å². The number of rotatable bonds is 3. The van der Waals surface area contributed by atoms with Gasteiger partial charge in [-0.3, -0.25) is 0 Å². The number of nitrogens with zero attached hydrogens (tertiary/aromatic N) is 1. The second-order valence-electron chi connectivity index (χ2n) is 5.68. The lowest BCUT2D eigenvalue weighted by atomic mass is 10.1. The van der Waals surface area contributed by atoms with Crippen molar-refractivity contribution >= 4 is 15.7 Å². The first-order valence-electron chi connectivity index (χ1n) is 6.87. The van der Waals surface area contributed by atoms with Gasteiger partial charge in [0.05, 0.1) is 4.90 Å². The van der Waals surface area contributed by atoms with E-state index in [1.54, 1.807) is 6.07 Å². The Bertz CT molecular complexity index is 575. The van der Waals surface area contributed by atoms with Gasteiger partial charge in [0.2, 0.25) is 10.0 Å². The molecule has 20 heavy (non-hydrogen) atoms. The minimum atomic E-state index is -3.50. The van der Waals surface area contributed by atoms with Crippen LogP contribution in [0.1, 0.15) is 24.0 Å². The van der Waals surface area contributed by atoms with Crippen LogP contribution in [0.25, 0.3) is 0 Å². The number of hydrogen-bond acceptors (Lipinski definition) is 4. The fourth-order valence-electron chi connectivity index (χ4n) is 2.56. The Kier molecular flexibility index (Phi) is 4.36. The number of aryl methyl sites for hydroxylation is 1. The molecule has 0 spiro atoms. The molecule has 0 amide bonds. The zero-order valence-corrected chi connectivity index (χ0v) is 13.1. The quantitative estimate of drug-likeness (QED) is 0.824. The Hall–Kier alpha value is -1.11. The topological polar surface area (TPSA) is 75.4 Å². The molecule has 1 aliphatic rings. The van der Waals surface area contributed by atoms with E-state index in [4.69, 9.17) is 5.73 Å². The van der Waals surface area contributed by atoms with Crippen molar-refractivity contribution in [1.82, 2.24) is 9.62 Å². The molecular formula is C14H23N3O2S. The number of sulfonamides is 1. The van der Waals surface area contributed by atoms with Crippen molar-refractivity contribution in [3.63, 3.8) is 0 Å². The van der Waals surface area contributed by atoms with E-state index in [2.05, 4.69) is 9.62 Å². The second kappa shape index (κ2) is 5.71. The molecule has 0 saturated carbocycles. The minimum absolute atomic E-state index is 0.0263. The number of likely N-dealkylation sites (tertiary alicyclic amines) is 1. The molecule has 2 rings (SSSR count). The van der Waals surface area contributed by atoms with Gasteiger partial charge < -0.3 is 10.6 Å². The first-order valence-corrected chi connectivity index (χ1v) is 8.35. The molecule has 0 aliphatic carbocycles. The minimum Gasteiger partial charge on any atom is -0.398 e. The second-order valence-corrected chi connectivity index (χ2v) is 7.39. The average Bonchev–Trinajstić information content (AvgIpc) is 2.34. The van der Waals surface area contributed by atoms with Gasteiger partial charge in [-0.05, 0) is 63.5 Å². The summed E-state index contributed by atoms with van der Waals surface area (Å²) in [5.41, 5.74) is 8.22. The Morgan fingerprint density at radius 3 is 2.65 bits per heavy atom. The van der Waals surface area contributed by atoms with Crippen LogP contribution in [0.5, 0.6) is 0 Å². The van der Waals surface area contributed by atoms with Crippen molar-refractivity contribution < 1.29 is 8.42 Å². The summed E-state index contributed by atoms with van der Waals surface area (Å²) in [7, 11) is -1.49. The molecule has 1 fully saturated rings. The molecule has 3 N–H and O–H groups in total. The summed E-state index contributed by atoms with van der Waals surface area (Å²) in [5, 5.41) is 0. The van der Waals surface area contributed by atoms with Crippen LogP contribution in [0.4, 0.5) is 5.69 Å². The van der Waals surface area contributed by atoms with Gasteiger partial charge in [0.25, 0.3) is 0 Å². The van der Waals surface area contributed by atoms with E-state index in [1.165, 1.54) is 6.07 Å². The molecule has 5 nitrogen and oxygen atoms in total. The molecule has 112 valence electrons. The van der Waals surface area contributed by atoms with Crippen LogP contribution >= 0.6 is 0 Å². The lowest BCUT2D eigenvalue weighted by molar-refractivity contribution is 0.242. The third-order valence-electron chi connectivity index (χ3n) is 3.94. The van der Waals surface area contributed by atoms with Crippen molar-refractivity contribution in [3.8, 4) is 0 Å². The van der Waals surface area contributed by atoms with Gasteiger partial charge >= 0.3 is 0 Å². The predicted octanol–water partition coefficient (Wildman–Crippen LogP) is 1.26. The molecule has 1 atom stereocenters. The van der Waals surface area contributed by atoms with Crippen LogP contribution in [-0.2, 0) is 10.0 Å². The fourth-order valence-corrected chi connectivity index (χ4v) is 3.94. The van der Waals surface area contributed by atoms with Crippen LogP contribution in [0.3, 0.4) is 0 Å². The van der Waals surface area contributed by atoms with Crippen LogP contribution < -0.4 is 10.5 Å². The van der Waals surface area contributed by atoms with E-state index in [0.29, 0.717) is 5.69 Å². The van der Waals surface area contributed by atoms with Crippen LogP contribution in [0, 0.1) is 13.8 Å². The Labute approximate surface area is 121 Å². The van der Waals surface area contributed by atoms with Crippen molar-refractivity contribution in [2.75, 3.05) is 25.9 Å².